The Morgan fingerprint density at radius 1 is 1.20 bits per heavy atom. The van der Waals surface area contributed by atoms with Crippen molar-refractivity contribution in [2.75, 3.05) is 0 Å². The van der Waals surface area contributed by atoms with Crippen LogP contribution in [0.3, 0.4) is 0 Å². The number of halogens is 1. The fourth-order valence-corrected chi connectivity index (χ4v) is 1.97. The SMILES string of the molecule is [B]c1cc(I)c(=O)n(-c2ccccc2)c1. The minimum Gasteiger partial charge on any atom is -0.284 e. The Morgan fingerprint density at radius 2 is 1.87 bits per heavy atom. The van der Waals surface area contributed by atoms with Gasteiger partial charge in [-0.05, 0) is 40.8 Å². The molecule has 0 N–H and O–H groups in total. The fraction of sp³-hybridized carbons (Fsp3) is 0. The van der Waals surface area contributed by atoms with Crippen LogP contribution in [-0.4, -0.2) is 12.4 Å². The van der Waals surface area contributed by atoms with Crippen LogP contribution < -0.4 is 11.0 Å². The van der Waals surface area contributed by atoms with Crippen LogP contribution in [-0.2, 0) is 0 Å². The molecule has 0 unspecified atom stereocenters. The molecular formula is C11H7BINO. The van der Waals surface area contributed by atoms with Crippen LogP contribution in [0.15, 0.2) is 47.4 Å². The molecule has 0 spiro atoms. The first kappa shape index (κ1) is 10.5. The predicted molar refractivity (Wildman–Crippen MR) is 70.1 cm³/mol. The molecule has 0 atom stereocenters. The van der Waals surface area contributed by atoms with Crippen molar-refractivity contribution in [3.05, 3.63) is 56.5 Å². The lowest BCUT2D eigenvalue weighted by Gasteiger charge is -2.07. The van der Waals surface area contributed by atoms with E-state index in [-0.39, 0.29) is 5.56 Å². The zero-order chi connectivity index (χ0) is 10.8. The lowest BCUT2D eigenvalue weighted by atomic mass is 9.99. The molecule has 72 valence electrons. The number of pyridine rings is 1. The molecule has 4 heteroatoms. The van der Waals surface area contributed by atoms with Gasteiger partial charge in [0.25, 0.3) is 5.56 Å². The second-order valence-corrected chi connectivity index (χ2v) is 4.29. The van der Waals surface area contributed by atoms with Gasteiger partial charge in [-0.3, -0.25) is 9.36 Å². The maximum Gasteiger partial charge on any atom is 0.268 e. The van der Waals surface area contributed by atoms with Crippen molar-refractivity contribution < 1.29 is 0 Å². The summed E-state index contributed by atoms with van der Waals surface area (Å²) in [6.07, 6.45) is 1.64. The van der Waals surface area contributed by atoms with Crippen molar-refractivity contribution in [2.45, 2.75) is 0 Å². The van der Waals surface area contributed by atoms with Gasteiger partial charge in [0.1, 0.15) is 7.85 Å². The van der Waals surface area contributed by atoms with Gasteiger partial charge in [0.15, 0.2) is 0 Å². The van der Waals surface area contributed by atoms with Crippen molar-refractivity contribution in [3.8, 4) is 5.69 Å². The predicted octanol–water partition coefficient (Wildman–Crippen LogP) is 1.24. The van der Waals surface area contributed by atoms with Gasteiger partial charge >= 0.3 is 0 Å². The van der Waals surface area contributed by atoms with Gasteiger partial charge in [-0.15, -0.1) is 0 Å². The van der Waals surface area contributed by atoms with E-state index in [1.807, 2.05) is 52.9 Å². The zero-order valence-electron chi connectivity index (χ0n) is 7.85. The summed E-state index contributed by atoms with van der Waals surface area (Å²) < 4.78 is 2.17. The molecule has 1 aromatic heterocycles. The standard InChI is InChI=1S/C11H7BINO/c12-8-6-10(13)11(15)14(7-8)9-4-2-1-3-5-9/h1-7H. The maximum absolute atomic E-state index is 11.8. The summed E-state index contributed by atoms with van der Waals surface area (Å²) in [6.45, 7) is 0. The number of hydrogen-bond acceptors (Lipinski definition) is 1. The summed E-state index contributed by atoms with van der Waals surface area (Å²) in [6, 6.07) is 11.1. The highest BCUT2D eigenvalue weighted by Crippen LogP contribution is 2.04. The van der Waals surface area contributed by atoms with E-state index in [1.165, 1.54) is 0 Å². The van der Waals surface area contributed by atoms with Crippen LogP contribution in [0.25, 0.3) is 5.69 Å². The van der Waals surface area contributed by atoms with Gasteiger partial charge in [-0.2, -0.15) is 0 Å². The van der Waals surface area contributed by atoms with Crippen LogP contribution in [0.4, 0.5) is 0 Å². The van der Waals surface area contributed by atoms with Crippen molar-refractivity contribution in [1.29, 1.82) is 0 Å². The molecule has 0 amide bonds. The van der Waals surface area contributed by atoms with Crippen molar-refractivity contribution >= 4 is 35.9 Å². The average Bonchev–Trinajstić information content (AvgIpc) is 2.24. The molecule has 2 rings (SSSR count). The van der Waals surface area contributed by atoms with Crippen LogP contribution in [0, 0.1) is 3.57 Å². The Labute approximate surface area is 102 Å². The Hall–Kier alpha value is -1.04. The zero-order valence-corrected chi connectivity index (χ0v) is 10.0. The molecule has 2 radical (unpaired) electrons. The lowest BCUT2D eigenvalue weighted by Crippen LogP contribution is -2.25. The molecule has 0 aliphatic carbocycles. The first-order chi connectivity index (χ1) is 7.18. The van der Waals surface area contributed by atoms with E-state index in [1.54, 1.807) is 16.8 Å². The topological polar surface area (TPSA) is 22.0 Å². The normalized spacial score (nSPS) is 10.2. The molecule has 2 nitrogen and oxygen atoms in total. The van der Waals surface area contributed by atoms with Gasteiger partial charge in [0.2, 0.25) is 0 Å². The smallest absolute Gasteiger partial charge is 0.268 e. The van der Waals surface area contributed by atoms with Crippen LogP contribution >= 0.6 is 22.6 Å². The first-order valence-corrected chi connectivity index (χ1v) is 5.49. The third-order valence-corrected chi connectivity index (χ3v) is 2.80. The van der Waals surface area contributed by atoms with Gasteiger partial charge in [0, 0.05) is 11.9 Å². The number of rotatable bonds is 1. The van der Waals surface area contributed by atoms with E-state index in [9.17, 15) is 4.79 Å². The Balaban J connectivity index is 2.69. The third kappa shape index (κ3) is 2.14. The second-order valence-electron chi connectivity index (χ2n) is 3.13. The highest BCUT2D eigenvalue weighted by atomic mass is 127. The Morgan fingerprint density at radius 3 is 2.53 bits per heavy atom. The summed E-state index contributed by atoms with van der Waals surface area (Å²) in [5.41, 5.74) is 1.37. The molecule has 0 bridgehead atoms. The fourth-order valence-electron chi connectivity index (χ4n) is 1.35. The molecular weight excluding hydrogens is 300 g/mol. The maximum atomic E-state index is 11.8. The number of aromatic nitrogens is 1. The Kier molecular flexibility index (Phi) is 2.95. The number of hydrogen-bond donors (Lipinski definition) is 0. The lowest BCUT2D eigenvalue weighted by molar-refractivity contribution is 0.987. The Bertz CT molecular complexity index is 536. The third-order valence-electron chi connectivity index (χ3n) is 2.03. The molecule has 1 heterocycles. The molecule has 0 aliphatic heterocycles. The second kappa shape index (κ2) is 4.22. The van der Waals surface area contributed by atoms with E-state index in [4.69, 9.17) is 7.85 Å². The van der Waals surface area contributed by atoms with Crippen LogP contribution in [0.1, 0.15) is 0 Å². The minimum atomic E-state index is -0.0454. The summed E-state index contributed by atoms with van der Waals surface area (Å²) in [5, 5.41) is 0. The number of para-hydroxylation sites is 1. The molecule has 0 fully saturated rings. The minimum absolute atomic E-state index is 0.0454. The van der Waals surface area contributed by atoms with E-state index in [2.05, 4.69) is 0 Å². The van der Waals surface area contributed by atoms with Gasteiger partial charge < -0.3 is 0 Å². The molecule has 0 saturated carbocycles. The number of nitrogens with zero attached hydrogens (tertiary/aromatic N) is 1. The summed E-state index contributed by atoms with van der Waals surface area (Å²) in [4.78, 5) is 11.8. The van der Waals surface area contributed by atoms with Gasteiger partial charge in [-0.25, -0.2) is 0 Å². The van der Waals surface area contributed by atoms with Gasteiger partial charge in [-0.1, -0.05) is 23.7 Å². The number of benzene rings is 1. The quantitative estimate of drug-likeness (QED) is 0.574. The first-order valence-electron chi connectivity index (χ1n) is 4.41. The van der Waals surface area contributed by atoms with Crippen molar-refractivity contribution in [3.63, 3.8) is 0 Å². The van der Waals surface area contributed by atoms with E-state index in [0.717, 1.165) is 5.69 Å². The van der Waals surface area contributed by atoms with Crippen LogP contribution in [0.5, 0.6) is 0 Å². The van der Waals surface area contributed by atoms with Crippen molar-refractivity contribution in [2.24, 2.45) is 0 Å². The monoisotopic (exact) mass is 307 g/mol. The highest BCUT2D eigenvalue weighted by molar-refractivity contribution is 14.1. The average molecular weight is 307 g/mol. The van der Waals surface area contributed by atoms with Gasteiger partial charge in [0.05, 0.1) is 3.57 Å². The molecule has 0 aliphatic rings. The van der Waals surface area contributed by atoms with E-state index in [0.29, 0.717) is 9.03 Å². The molecule has 1 aromatic carbocycles. The van der Waals surface area contributed by atoms with E-state index < -0.39 is 0 Å². The largest absolute Gasteiger partial charge is 0.284 e. The summed E-state index contributed by atoms with van der Waals surface area (Å²) in [5.74, 6) is 0. The summed E-state index contributed by atoms with van der Waals surface area (Å²) >= 11 is 1.99. The highest BCUT2D eigenvalue weighted by Gasteiger charge is 2.03. The van der Waals surface area contributed by atoms with Crippen LogP contribution in [0.2, 0.25) is 0 Å². The van der Waals surface area contributed by atoms with Crippen molar-refractivity contribution in [1.82, 2.24) is 4.57 Å². The molecule has 2 aromatic rings. The van der Waals surface area contributed by atoms with E-state index >= 15 is 0 Å². The summed E-state index contributed by atoms with van der Waals surface area (Å²) in [7, 11) is 5.70. The molecule has 0 saturated heterocycles. The molecule has 15 heavy (non-hydrogen) atoms.